The zero-order valence-electron chi connectivity index (χ0n) is 16.7. The van der Waals surface area contributed by atoms with Gasteiger partial charge in [0.2, 0.25) is 0 Å². The van der Waals surface area contributed by atoms with Crippen LogP contribution in [0.25, 0.3) is 0 Å². The Labute approximate surface area is 194 Å². The second-order valence-corrected chi connectivity index (χ2v) is 5.65. The van der Waals surface area contributed by atoms with Crippen LogP contribution in [0.1, 0.15) is 25.0 Å². The largest absolute Gasteiger partial charge is 2.00 e. The molecule has 1 radical (unpaired) electrons. The maximum Gasteiger partial charge on any atom is 2.00 e. The van der Waals surface area contributed by atoms with Crippen molar-refractivity contribution in [3.8, 4) is 0 Å². The van der Waals surface area contributed by atoms with Crippen LogP contribution in [0.5, 0.6) is 0 Å². The Morgan fingerprint density at radius 1 is 0.636 bits per heavy atom. The average Bonchev–Trinajstić information content (AvgIpc) is 2.75. The summed E-state index contributed by atoms with van der Waals surface area (Å²) < 4.78 is 71.9. The van der Waals surface area contributed by atoms with Gasteiger partial charge >= 0.3 is 29.4 Å². The van der Waals surface area contributed by atoms with E-state index in [4.69, 9.17) is 0 Å². The monoisotopic (exact) mass is 523 g/mol. The molecule has 0 aliphatic rings. The molecule has 0 unspecified atom stereocenters. The van der Waals surface area contributed by atoms with Crippen LogP contribution in [0.4, 0.5) is 26.3 Å². The van der Waals surface area contributed by atoms with Crippen LogP contribution in [0.2, 0.25) is 0 Å². The van der Waals surface area contributed by atoms with Gasteiger partial charge in [0, 0.05) is 36.6 Å². The quantitative estimate of drug-likeness (QED) is 0.200. The first kappa shape index (κ1) is 29.7. The van der Waals surface area contributed by atoms with Crippen LogP contribution in [0.15, 0.2) is 69.5 Å². The molecule has 2 aromatic rings. The van der Waals surface area contributed by atoms with Gasteiger partial charge in [0.15, 0.2) is 0 Å². The third-order valence-corrected chi connectivity index (χ3v) is 3.26. The number of aromatic nitrogens is 2. The summed E-state index contributed by atoms with van der Waals surface area (Å²) >= 11 is 0. The smallest absolute Gasteiger partial charge is 0.857 e. The number of nitrogens with zero attached hydrogens (tertiary/aromatic N) is 6. The molecule has 15 heteroatoms. The van der Waals surface area contributed by atoms with E-state index in [-0.39, 0.29) is 28.2 Å². The molecule has 0 aliphatic heterocycles. The summed E-state index contributed by atoms with van der Waals surface area (Å²) in [6.07, 6.45) is -3.79. The summed E-state index contributed by atoms with van der Waals surface area (Å²) in [6, 6.07) is 5.35. The standard InChI is InChI=1S/2C9H8F3N3O.Cu/c2*1-6(9(10,11)12)14-15-8(16)7-2-4-13-5-3-7;/h2*2-5H,1H3,(H,15,16);/q;;+2/p-2/b14-6+;;. The molecule has 0 bridgehead atoms. The molecule has 0 aromatic carbocycles. The van der Waals surface area contributed by atoms with E-state index in [9.17, 15) is 36.6 Å². The van der Waals surface area contributed by atoms with E-state index in [2.05, 4.69) is 30.4 Å². The van der Waals surface area contributed by atoms with E-state index >= 15 is 0 Å². The molecule has 181 valence electrons. The molecule has 2 aromatic heterocycles. The molecule has 0 N–H and O–H groups in total. The van der Waals surface area contributed by atoms with Gasteiger partial charge in [0.25, 0.3) is 0 Å². The van der Waals surface area contributed by atoms with Crippen LogP contribution >= 0.6 is 0 Å². The third kappa shape index (κ3) is 11.2. The molecule has 8 nitrogen and oxygen atoms in total. The van der Waals surface area contributed by atoms with Gasteiger partial charge in [-0.3, -0.25) is 9.97 Å². The van der Waals surface area contributed by atoms with Crippen LogP contribution in [0, 0.1) is 0 Å². The summed E-state index contributed by atoms with van der Waals surface area (Å²) in [6.45, 7) is 1.48. The van der Waals surface area contributed by atoms with Crippen molar-refractivity contribution in [1.29, 1.82) is 0 Å². The van der Waals surface area contributed by atoms with Crippen molar-refractivity contribution in [2.24, 2.45) is 20.4 Å². The predicted octanol–water partition coefficient (Wildman–Crippen LogP) is 2.25. The average molecular weight is 524 g/mol. The zero-order chi connectivity index (χ0) is 24.4. The Morgan fingerprint density at radius 2 is 0.909 bits per heavy atom. The zero-order valence-corrected chi connectivity index (χ0v) is 17.6. The number of alkyl halides is 6. The Bertz CT molecular complexity index is 911. The second-order valence-electron chi connectivity index (χ2n) is 5.65. The van der Waals surface area contributed by atoms with Crippen LogP contribution in [-0.2, 0) is 17.1 Å². The first-order valence-corrected chi connectivity index (χ1v) is 8.36. The Morgan fingerprint density at radius 3 is 1.15 bits per heavy atom. The predicted molar refractivity (Wildman–Crippen MR) is 99.9 cm³/mol. The van der Waals surface area contributed by atoms with Crippen LogP contribution in [-0.4, -0.2) is 45.5 Å². The number of hydrogen-bond acceptors (Lipinski definition) is 8. The third-order valence-electron chi connectivity index (χ3n) is 3.26. The maximum absolute atomic E-state index is 12.0. The molecule has 2 rings (SSSR count). The fraction of sp³-hybridized carbons (Fsp3) is 0.222. The Hall–Kier alpha value is -3.32. The minimum Gasteiger partial charge on any atom is -0.857 e. The van der Waals surface area contributed by atoms with E-state index in [1.807, 2.05) is 0 Å². The second kappa shape index (κ2) is 13.3. The minimum atomic E-state index is -4.57. The minimum absolute atomic E-state index is 0. The molecule has 0 fully saturated rings. The number of halogens is 6. The molecular weight excluding hydrogens is 510 g/mol. The molecule has 0 saturated heterocycles. The number of hydrogen-bond donors (Lipinski definition) is 0. The first-order chi connectivity index (χ1) is 14.8. The van der Waals surface area contributed by atoms with E-state index in [1.165, 1.54) is 49.1 Å². The van der Waals surface area contributed by atoms with Crippen molar-refractivity contribution in [3.05, 3.63) is 60.2 Å². The van der Waals surface area contributed by atoms with Crippen molar-refractivity contribution in [1.82, 2.24) is 9.97 Å². The molecule has 2 heterocycles. The van der Waals surface area contributed by atoms with Crippen molar-refractivity contribution < 1.29 is 53.6 Å². The van der Waals surface area contributed by atoms with E-state index in [0.29, 0.717) is 0 Å². The van der Waals surface area contributed by atoms with Gasteiger partial charge < -0.3 is 10.2 Å². The van der Waals surface area contributed by atoms with Gasteiger partial charge in [-0.1, -0.05) is 0 Å². The summed E-state index contributed by atoms with van der Waals surface area (Å²) in [5, 5.41) is 34.0. The van der Waals surface area contributed by atoms with Gasteiger partial charge in [-0.15, -0.1) is 0 Å². The first-order valence-electron chi connectivity index (χ1n) is 8.36. The summed E-state index contributed by atoms with van der Waals surface area (Å²) in [7, 11) is 0. The van der Waals surface area contributed by atoms with Gasteiger partial charge in [0.05, 0.1) is 0 Å². The van der Waals surface area contributed by atoms with Gasteiger partial charge in [0.1, 0.15) is 11.4 Å². The Kier molecular flexibility index (Phi) is 11.9. The maximum atomic E-state index is 12.0. The van der Waals surface area contributed by atoms with Crippen molar-refractivity contribution in [2.75, 3.05) is 0 Å². The fourth-order valence-corrected chi connectivity index (χ4v) is 1.46. The van der Waals surface area contributed by atoms with Gasteiger partial charge in [-0.05, 0) is 49.2 Å². The molecular formula is C18H14CuF6N6O2. The van der Waals surface area contributed by atoms with Gasteiger partial charge in [-0.2, -0.15) is 46.7 Å². The number of pyridine rings is 2. The van der Waals surface area contributed by atoms with Crippen molar-refractivity contribution in [2.45, 2.75) is 26.2 Å². The van der Waals surface area contributed by atoms with Crippen molar-refractivity contribution >= 4 is 23.2 Å². The summed E-state index contributed by atoms with van der Waals surface area (Å²) in [4.78, 5) is 7.31. The summed E-state index contributed by atoms with van der Waals surface area (Å²) in [5.74, 6) is -1.68. The molecule has 33 heavy (non-hydrogen) atoms. The van der Waals surface area contributed by atoms with E-state index < -0.39 is 35.6 Å². The van der Waals surface area contributed by atoms with Crippen LogP contribution < -0.4 is 10.2 Å². The van der Waals surface area contributed by atoms with Gasteiger partial charge in [-0.25, -0.2) is 0 Å². The Balaban J connectivity index is 0.000000602. The molecule has 0 atom stereocenters. The van der Waals surface area contributed by atoms with Crippen LogP contribution in [0.3, 0.4) is 0 Å². The van der Waals surface area contributed by atoms with E-state index in [1.54, 1.807) is 0 Å². The number of rotatable bonds is 4. The van der Waals surface area contributed by atoms with E-state index in [0.717, 1.165) is 13.8 Å². The normalized spacial score (nSPS) is 13.6. The van der Waals surface area contributed by atoms with Crippen molar-refractivity contribution in [3.63, 3.8) is 0 Å². The SMILES string of the molecule is C/C(=N\N=C(/[O-])c1ccncc1)C(F)(F)F.CC(=N/N=C(\[O-])c1ccncc1)C(F)(F)F.[Cu+2]. The molecule has 0 saturated carbocycles. The molecule has 0 aliphatic carbocycles. The molecule has 0 amide bonds. The molecule has 0 spiro atoms. The topological polar surface area (TPSA) is 121 Å². The fourth-order valence-electron chi connectivity index (χ4n) is 1.46. The summed E-state index contributed by atoms with van der Waals surface area (Å²) in [5.41, 5.74) is -2.08.